The Morgan fingerprint density at radius 2 is 1.71 bits per heavy atom. The van der Waals surface area contributed by atoms with Gasteiger partial charge in [0, 0.05) is 24.4 Å². The molecular weight excluding hydrogens is 294 g/mol. The summed E-state index contributed by atoms with van der Waals surface area (Å²) in [6, 6.07) is 3.50. The van der Waals surface area contributed by atoms with Gasteiger partial charge in [0.2, 0.25) is 5.75 Å². The average Bonchev–Trinajstić information content (AvgIpc) is 2.41. The highest BCUT2D eigenvalue weighted by Gasteiger charge is 2.17. The Bertz CT molecular complexity index is 571. The Kier molecular flexibility index (Phi) is 6.29. The third-order valence-electron chi connectivity index (χ3n) is 2.98. The van der Waals surface area contributed by atoms with E-state index in [1.165, 1.54) is 6.26 Å². The van der Waals surface area contributed by atoms with Crippen LogP contribution in [0.4, 0.5) is 0 Å². The van der Waals surface area contributed by atoms with Gasteiger partial charge in [-0.1, -0.05) is 6.07 Å². The van der Waals surface area contributed by atoms with Crippen molar-refractivity contribution in [2.75, 3.05) is 33.3 Å². The standard InChI is InChI=1S/C14H23NO5S/c1-10(9-21(5,16)17)15-8-11-6-7-12(18-2)14(20-4)13(11)19-3/h6-7,10,15H,8-9H2,1-5H3. The van der Waals surface area contributed by atoms with Crippen molar-refractivity contribution >= 4 is 9.84 Å². The Morgan fingerprint density at radius 1 is 1.10 bits per heavy atom. The Hall–Kier alpha value is -1.47. The van der Waals surface area contributed by atoms with Crippen molar-refractivity contribution in [1.29, 1.82) is 0 Å². The van der Waals surface area contributed by atoms with Crippen LogP contribution < -0.4 is 19.5 Å². The van der Waals surface area contributed by atoms with Crippen molar-refractivity contribution in [3.63, 3.8) is 0 Å². The van der Waals surface area contributed by atoms with Crippen molar-refractivity contribution in [1.82, 2.24) is 5.32 Å². The quantitative estimate of drug-likeness (QED) is 0.777. The lowest BCUT2D eigenvalue weighted by Gasteiger charge is -2.18. The minimum absolute atomic E-state index is 0.0859. The summed E-state index contributed by atoms with van der Waals surface area (Å²) in [5.41, 5.74) is 0.871. The van der Waals surface area contributed by atoms with E-state index < -0.39 is 9.84 Å². The normalized spacial score (nSPS) is 12.8. The van der Waals surface area contributed by atoms with E-state index in [-0.39, 0.29) is 11.8 Å². The van der Waals surface area contributed by atoms with Crippen molar-refractivity contribution in [2.45, 2.75) is 19.5 Å². The molecule has 0 amide bonds. The highest BCUT2D eigenvalue weighted by molar-refractivity contribution is 7.90. The molecule has 1 atom stereocenters. The van der Waals surface area contributed by atoms with Gasteiger partial charge < -0.3 is 19.5 Å². The topological polar surface area (TPSA) is 73.9 Å². The smallest absolute Gasteiger partial charge is 0.203 e. The molecule has 1 unspecified atom stereocenters. The molecule has 0 spiro atoms. The van der Waals surface area contributed by atoms with E-state index in [1.54, 1.807) is 27.4 Å². The fraction of sp³-hybridized carbons (Fsp3) is 0.571. The number of hydrogen-bond donors (Lipinski definition) is 1. The maximum absolute atomic E-state index is 11.3. The summed E-state index contributed by atoms with van der Waals surface area (Å²) in [6.07, 6.45) is 1.22. The first-order valence-electron chi connectivity index (χ1n) is 6.51. The molecule has 1 aromatic carbocycles. The molecule has 120 valence electrons. The first-order valence-corrected chi connectivity index (χ1v) is 8.57. The van der Waals surface area contributed by atoms with Gasteiger partial charge in [-0.25, -0.2) is 8.42 Å². The second-order valence-electron chi connectivity index (χ2n) is 4.87. The largest absolute Gasteiger partial charge is 0.493 e. The number of hydrogen-bond acceptors (Lipinski definition) is 6. The molecule has 6 nitrogen and oxygen atoms in total. The van der Waals surface area contributed by atoms with Crippen LogP contribution in [-0.2, 0) is 16.4 Å². The number of sulfone groups is 1. The van der Waals surface area contributed by atoms with E-state index in [1.807, 2.05) is 13.0 Å². The molecule has 0 aliphatic heterocycles. The molecule has 1 N–H and O–H groups in total. The third kappa shape index (κ3) is 5.09. The first-order chi connectivity index (χ1) is 9.82. The van der Waals surface area contributed by atoms with Crippen LogP contribution in [0.1, 0.15) is 12.5 Å². The number of ether oxygens (including phenoxy) is 3. The van der Waals surface area contributed by atoms with Gasteiger partial charge in [0.1, 0.15) is 9.84 Å². The van der Waals surface area contributed by atoms with E-state index in [2.05, 4.69) is 5.32 Å². The molecule has 0 saturated heterocycles. The SMILES string of the molecule is COc1ccc(CNC(C)CS(C)(=O)=O)c(OC)c1OC. The first kappa shape index (κ1) is 17.6. The molecule has 0 bridgehead atoms. The molecule has 0 saturated carbocycles. The Morgan fingerprint density at radius 3 is 2.19 bits per heavy atom. The van der Waals surface area contributed by atoms with Crippen molar-refractivity contribution in [3.05, 3.63) is 17.7 Å². The predicted octanol–water partition coefficient (Wildman–Crippen LogP) is 1.24. The zero-order valence-corrected chi connectivity index (χ0v) is 13.9. The van der Waals surface area contributed by atoms with Gasteiger partial charge in [-0.2, -0.15) is 0 Å². The van der Waals surface area contributed by atoms with E-state index in [0.29, 0.717) is 23.8 Å². The summed E-state index contributed by atoms with van der Waals surface area (Å²) >= 11 is 0. The van der Waals surface area contributed by atoms with Crippen LogP contribution in [0.5, 0.6) is 17.2 Å². The van der Waals surface area contributed by atoms with Crippen LogP contribution in [-0.4, -0.2) is 47.8 Å². The maximum atomic E-state index is 11.3. The molecule has 0 aliphatic rings. The Balaban J connectivity index is 2.89. The molecular formula is C14H23NO5S. The third-order valence-corrected chi connectivity index (χ3v) is 4.08. The summed E-state index contributed by atoms with van der Waals surface area (Å²) < 4.78 is 38.4. The second kappa shape index (κ2) is 7.51. The van der Waals surface area contributed by atoms with Gasteiger partial charge in [-0.05, 0) is 13.0 Å². The van der Waals surface area contributed by atoms with Gasteiger partial charge in [0.15, 0.2) is 11.5 Å². The van der Waals surface area contributed by atoms with Crippen molar-refractivity contribution in [2.24, 2.45) is 0 Å². The van der Waals surface area contributed by atoms with Gasteiger partial charge in [0.25, 0.3) is 0 Å². The lowest BCUT2D eigenvalue weighted by Crippen LogP contribution is -2.32. The summed E-state index contributed by atoms with van der Waals surface area (Å²) in [7, 11) is 1.66. The molecule has 0 aliphatic carbocycles. The molecule has 0 heterocycles. The van der Waals surface area contributed by atoms with Crippen LogP contribution in [0.2, 0.25) is 0 Å². The minimum Gasteiger partial charge on any atom is -0.493 e. The number of rotatable bonds is 8. The lowest BCUT2D eigenvalue weighted by molar-refractivity contribution is 0.321. The lowest BCUT2D eigenvalue weighted by atomic mass is 10.1. The van der Waals surface area contributed by atoms with Crippen LogP contribution in [0.25, 0.3) is 0 Å². The van der Waals surface area contributed by atoms with Crippen LogP contribution in [0.3, 0.4) is 0 Å². The number of benzene rings is 1. The molecule has 21 heavy (non-hydrogen) atoms. The highest BCUT2D eigenvalue weighted by Crippen LogP contribution is 2.39. The van der Waals surface area contributed by atoms with E-state index in [0.717, 1.165) is 5.56 Å². The van der Waals surface area contributed by atoms with E-state index >= 15 is 0 Å². The van der Waals surface area contributed by atoms with E-state index in [4.69, 9.17) is 14.2 Å². The minimum atomic E-state index is -3.01. The van der Waals surface area contributed by atoms with Gasteiger partial charge in [0.05, 0.1) is 27.1 Å². The van der Waals surface area contributed by atoms with Crippen LogP contribution >= 0.6 is 0 Å². The fourth-order valence-electron chi connectivity index (χ4n) is 2.10. The average molecular weight is 317 g/mol. The maximum Gasteiger partial charge on any atom is 0.203 e. The second-order valence-corrected chi connectivity index (χ2v) is 7.05. The number of nitrogens with one attached hydrogen (secondary N) is 1. The van der Waals surface area contributed by atoms with Crippen LogP contribution in [0.15, 0.2) is 12.1 Å². The predicted molar refractivity (Wildman–Crippen MR) is 82.1 cm³/mol. The zero-order chi connectivity index (χ0) is 16.0. The molecule has 7 heteroatoms. The van der Waals surface area contributed by atoms with Gasteiger partial charge in [-0.15, -0.1) is 0 Å². The number of methoxy groups -OCH3 is 3. The summed E-state index contributed by atoms with van der Waals surface area (Å²) in [6.45, 7) is 2.30. The molecule has 0 radical (unpaired) electrons. The highest BCUT2D eigenvalue weighted by atomic mass is 32.2. The summed E-state index contributed by atoms with van der Waals surface area (Å²) in [5, 5.41) is 3.16. The summed E-state index contributed by atoms with van der Waals surface area (Å²) in [4.78, 5) is 0. The van der Waals surface area contributed by atoms with Gasteiger partial charge in [-0.3, -0.25) is 0 Å². The van der Waals surface area contributed by atoms with Crippen LogP contribution in [0, 0.1) is 0 Å². The monoisotopic (exact) mass is 317 g/mol. The van der Waals surface area contributed by atoms with Gasteiger partial charge >= 0.3 is 0 Å². The van der Waals surface area contributed by atoms with Crippen molar-refractivity contribution < 1.29 is 22.6 Å². The molecule has 0 fully saturated rings. The summed E-state index contributed by atoms with van der Waals surface area (Å²) in [5.74, 6) is 1.77. The zero-order valence-electron chi connectivity index (χ0n) is 13.1. The molecule has 1 rings (SSSR count). The molecule has 1 aromatic rings. The fourth-order valence-corrected chi connectivity index (χ4v) is 3.13. The Labute approximate surface area is 126 Å². The van der Waals surface area contributed by atoms with E-state index in [9.17, 15) is 8.42 Å². The van der Waals surface area contributed by atoms with Crippen molar-refractivity contribution in [3.8, 4) is 17.2 Å². The molecule has 0 aromatic heterocycles.